The van der Waals surface area contributed by atoms with Gasteiger partial charge in [-0.2, -0.15) is 0 Å². The Morgan fingerprint density at radius 2 is 1.65 bits per heavy atom. The zero-order chi connectivity index (χ0) is 22.4. The number of aryl methyl sites for hydroxylation is 1. The number of hydrogen-bond acceptors (Lipinski definition) is 4. The second-order valence-corrected chi connectivity index (χ2v) is 9.28. The summed E-state index contributed by atoms with van der Waals surface area (Å²) in [5, 5.41) is 3.32. The second-order valence-electron chi connectivity index (χ2n) is 6.76. The topological polar surface area (TPSA) is 84.5 Å². The highest BCUT2D eigenvalue weighted by Crippen LogP contribution is 2.28. The molecule has 0 bridgehead atoms. The Morgan fingerprint density at radius 1 is 0.968 bits per heavy atom. The fourth-order valence-corrected chi connectivity index (χ4v) is 4.11. The minimum Gasteiger partial charge on any atom is -0.482 e. The van der Waals surface area contributed by atoms with E-state index in [0.717, 1.165) is 11.1 Å². The molecule has 0 saturated heterocycles. The van der Waals surface area contributed by atoms with Crippen LogP contribution < -0.4 is 14.8 Å². The van der Waals surface area contributed by atoms with Crippen molar-refractivity contribution >= 4 is 44.8 Å². The van der Waals surface area contributed by atoms with Crippen LogP contribution >= 0.6 is 23.2 Å². The number of carbonyl (C=O) groups excluding carboxylic acids is 1. The molecule has 0 aliphatic rings. The van der Waals surface area contributed by atoms with Crippen LogP contribution in [0.2, 0.25) is 10.0 Å². The van der Waals surface area contributed by atoms with E-state index in [9.17, 15) is 13.2 Å². The van der Waals surface area contributed by atoms with E-state index in [-0.39, 0.29) is 28.2 Å². The van der Waals surface area contributed by atoms with Crippen LogP contribution in [0.3, 0.4) is 0 Å². The molecule has 162 valence electrons. The van der Waals surface area contributed by atoms with Gasteiger partial charge in [0.05, 0.1) is 9.92 Å². The summed E-state index contributed by atoms with van der Waals surface area (Å²) in [4.78, 5) is 12.0. The average molecular weight is 479 g/mol. The summed E-state index contributed by atoms with van der Waals surface area (Å²) in [6.07, 6.45) is 0. The molecule has 0 heterocycles. The maximum absolute atomic E-state index is 12.5. The molecule has 9 heteroatoms. The summed E-state index contributed by atoms with van der Waals surface area (Å²) in [6.45, 7) is 2.12. The minimum atomic E-state index is -3.85. The van der Waals surface area contributed by atoms with Crippen LogP contribution in [-0.4, -0.2) is 20.9 Å². The number of nitrogens with one attached hydrogen (secondary N) is 2. The van der Waals surface area contributed by atoms with Crippen LogP contribution in [0, 0.1) is 6.92 Å². The number of halogens is 2. The molecule has 0 spiro atoms. The Balaban J connectivity index is 1.57. The molecule has 0 aliphatic heterocycles. The Kier molecular flexibility index (Phi) is 7.43. The molecule has 0 fully saturated rings. The van der Waals surface area contributed by atoms with Crippen molar-refractivity contribution in [2.45, 2.75) is 18.4 Å². The van der Waals surface area contributed by atoms with E-state index in [1.807, 2.05) is 31.2 Å². The maximum atomic E-state index is 12.5. The number of hydrogen-bond donors (Lipinski definition) is 2. The lowest BCUT2D eigenvalue weighted by Gasteiger charge is -2.12. The Morgan fingerprint density at radius 3 is 2.29 bits per heavy atom. The molecule has 6 nitrogen and oxygen atoms in total. The van der Waals surface area contributed by atoms with Gasteiger partial charge in [0.2, 0.25) is 0 Å². The van der Waals surface area contributed by atoms with Gasteiger partial charge in [-0.25, -0.2) is 8.42 Å². The molecular formula is C22H20Cl2N2O4S. The fourth-order valence-electron chi connectivity index (χ4n) is 2.60. The third-order valence-electron chi connectivity index (χ3n) is 4.28. The number of anilines is 1. The average Bonchev–Trinajstić information content (AvgIpc) is 2.74. The van der Waals surface area contributed by atoms with Crippen molar-refractivity contribution in [2.75, 3.05) is 11.3 Å². The normalized spacial score (nSPS) is 11.1. The zero-order valence-electron chi connectivity index (χ0n) is 16.6. The quantitative estimate of drug-likeness (QED) is 0.486. The highest BCUT2D eigenvalue weighted by atomic mass is 35.5. The van der Waals surface area contributed by atoms with E-state index in [1.165, 1.54) is 18.2 Å². The lowest BCUT2D eigenvalue weighted by molar-refractivity contribution is -0.123. The summed E-state index contributed by atoms with van der Waals surface area (Å²) < 4.78 is 33.0. The van der Waals surface area contributed by atoms with Gasteiger partial charge < -0.3 is 10.1 Å². The number of ether oxygens (including phenoxy) is 1. The van der Waals surface area contributed by atoms with Crippen LogP contribution in [0.4, 0.5) is 5.69 Å². The van der Waals surface area contributed by atoms with Crippen molar-refractivity contribution in [1.29, 1.82) is 0 Å². The molecule has 31 heavy (non-hydrogen) atoms. The monoisotopic (exact) mass is 478 g/mol. The van der Waals surface area contributed by atoms with Gasteiger partial charge in [0.25, 0.3) is 15.9 Å². The number of sulfonamides is 1. The molecule has 3 aromatic rings. The fraction of sp³-hybridized carbons (Fsp3) is 0.136. The number of rotatable bonds is 8. The summed E-state index contributed by atoms with van der Waals surface area (Å²) >= 11 is 12.0. The Bertz CT molecular complexity index is 1170. The largest absolute Gasteiger partial charge is 0.482 e. The van der Waals surface area contributed by atoms with Gasteiger partial charge in [0.1, 0.15) is 5.75 Å². The van der Waals surface area contributed by atoms with Gasteiger partial charge in [-0.3, -0.25) is 9.52 Å². The van der Waals surface area contributed by atoms with Crippen LogP contribution in [0.5, 0.6) is 5.75 Å². The smallest absolute Gasteiger partial charge is 0.261 e. The molecule has 0 radical (unpaired) electrons. The van der Waals surface area contributed by atoms with Crippen LogP contribution in [0.1, 0.15) is 11.1 Å². The number of carbonyl (C=O) groups is 1. The van der Waals surface area contributed by atoms with E-state index < -0.39 is 10.0 Å². The first-order valence-corrected chi connectivity index (χ1v) is 11.5. The minimum absolute atomic E-state index is 0.0383. The first-order valence-electron chi connectivity index (χ1n) is 9.26. The standard InChI is InChI=1S/C22H20Cl2N2O4S/c1-15-2-4-16(5-3-15)13-25-22(27)14-30-21-11-10-19(12-20(21)24)31(28,29)26-18-8-6-17(23)7-9-18/h2-12,26H,13-14H2,1H3,(H,25,27). The van der Waals surface area contributed by atoms with E-state index in [2.05, 4.69) is 10.0 Å². The van der Waals surface area contributed by atoms with Crippen LogP contribution in [0.25, 0.3) is 0 Å². The van der Waals surface area contributed by atoms with E-state index in [0.29, 0.717) is 17.3 Å². The molecular weight excluding hydrogens is 459 g/mol. The summed E-state index contributed by atoms with van der Waals surface area (Å²) in [5.74, 6) is -0.115. The Labute approximate surface area is 191 Å². The zero-order valence-corrected chi connectivity index (χ0v) is 18.9. The molecule has 1 amide bonds. The predicted octanol–water partition coefficient (Wildman–Crippen LogP) is 4.80. The van der Waals surface area contributed by atoms with Gasteiger partial charge in [-0.15, -0.1) is 0 Å². The van der Waals surface area contributed by atoms with Gasteiger partial charge in [-0.1, -0.05) is 53.0 Å². The summed E-state index contributed by atoms with van der Waals surface area (Å²) in [5.41, 5.74) is 2.48. The van der Waals surface area contributed by atoms with Crippen LogP contribution in [-0.2, 0) is 21.4 Å². The van der Waals surface area contributed by atoms with Crippen molar-refractivity contribution in [1.82, 2.24) is 5.32 Å². The molecule has 3 rings (SSSR count). The highest BCUT2D eigenvalue weighted by Gasteiger charge is 2.17. The van der Waals surface area contributed by atoms with E-state index in [1.54, 1.807) is 24.3 Å². The SMILES string of the molecule is Cc1ccc(CNC(=O)COc2ccc(S(=O)(=O)Nc3ccc(Cl)cc3)cc2Cl)cc1. The first-order chi connectivity index (χ1) is 14.7. The van der Waals surface area contributed by atoms with Crippen molar-refractivity contribution in [3.8, 4) is 5.75 Å². The second kappa shape index (κ2) is 10.0. The van der Waals surface area contributed by atoms with Crippen molar-refractivity contribution in [3.63, 3.8) is 0 Å². The van der Waals surface area contributed by atoms with Crippen molar-refractivity contribution < 1.29 is 17.9 Å². The van der Waals surface area contributed by atoms with Gasteiger partial charge >= 0.3 is 0 Å². The van der Waals surface area contributed by atoms with Crippen LogP contribution in [0.15, 0.2) is 71.6 Å². The molecule has 0 unspecified atom stereocenters. The third kappa shape index (κ3) is 6.62. The van der Waals surface area contributed by atoms with Gasteiger partial charge in [0.15, 0.2) is 6.61 Å². The van der Waals surface area contributed by atoms with Gasteiger partial charge in [-0.05, 0) is 55.0 Å². The molecule has 0 aromatic heterocycles. The van der Waals surface area contributed by atoms with Crippen molar-refractivity contribution in [2.24, 2.45) is 0 Å². The molecule has 3 aromatic carbocycles. The molecule has 0 atom stereocenters. The first kappa shape index (κ1) is 22.9. The number of amides is 1. The third-order valence-corrected chi connectivity index (χ3v) is 6.21. The maximum Gasteiger partial charge on any atom is 0.261 e. The lowest BCUT2D eigenvalue weighted by atomic mass is 10.1. The van der Waals surface area contributed by atoms with Crippen molar-refractivity contribution in [3.05, 3.63) is 87.9 Å². The van der Waals surface area contributed by atoms with E-state index >= 15 is 0 Å². The Hall–Kier alpha value is -2.74. The number of benzene rings is 3. The molecule has 0 saturated carbocycles. The molecule has 2 N–H and O–H groups in total. The summed E-state index contributed by atoms with van der Waals surface area (Å²) in [7, 11) is -3.85. The highest BCUT2D eigenvalue weighted by molar-refractivity contribution is 7.92. The summed E-state index contributed by atoms with van der Waals surface area (Å²) in [6, 6.07) is 18.1. The van der Waals surface area contributed by atoms with E-state index in [4.69, 9.17) is 27.9 Å². The van der Waals surface area contributed by atoms with Gasteiger partial charge in [0, 0.05) is 17.3 Å². The predicted molar refractivity (Wildman–Crippen MR) is 122 cm³/mol. The lowest BCUT2D eigenvalue weighted by Crippen LogP contribution is -2.28. The molecule has 0 aliphatic carbocycles.